The van der Waals surface area contributed by atoms with Gasteiger partial charge in [0.15, 0.2) is 6.10 Å². The van der Waals surface area contributed by atoms with Gasteiger partial charge >= 0.3 is 11.9 Å². The van der Waals surface area contributed by atoms with Crippen LogP contribution in [0.15, 0.2) is 0 Å². The van der Waals surface area contributed by atoms with E-state index in [1.54, 1.807) is 6.92 Å². The van der Waals surface area contributed by atoms with Crippen molar-refractivity contribution < 1.29 is 24.9 Å². The van der Waals surface area contributed by atoms with Crippen LogP contribution in [0.25, 0.3) is 0 Å². The van der Waals surface area contributed by atoms with Gasteiger partial charge in [-0.1, -0.05) is 13.3 Å². The third-order valence-corrected chi connectivity index (χ3v) is 1.55. The van der Waals surface area contributed by atoms with Crippen LogP contribution >= 0.6 is 0 Å². The second kappa shape index (κ2) is 4.71. The summed E-state index contributed by atoms with van der Waals surface area (Å²) in [5, 5.41) is 25.7. The molecule has 5 heteroatoms. The SMILES string of the molecule is CCC[C@@H](C(=O)O)[C@H](O)C(=O)O. The van der Waals surface area contributed by atoms with Gasteiger partial charge in [0.2, 0.25) is 0 Å². The average molecular weight is 176 g/mol. The molecule has 0 aliphatic carbocycles. The molecule has 0 aliphatic heterocycles. The Morgan fingerprint density at radius 1 is 1.25 bits per heavy atom. The van der Waals surface area contributed by atoms with Crippen molar-refractivity contribution in [3.05, 3.63) is 0 Å². The summed E-state index contributed by atoms with van der Waals surface area (Å²) < 4.78 is 0. The molecule has 0 rings (SSSR count). The number of hydrogen-bond donors (Lipinski definition) is 3. The van der Waals surface area contributed by atoms with Gasteiger partial charge in [-0.3, -0.25) is 4.79 Å². The number of carboxylic acids is 2. The summed E-state index contributed by atoms with van der Waals surface area (Å²) in [6, 6.07) is 0. The summed E-state index contributed by atoms with van der Waals surface area (Å²) >= 11 is 0. The minimum absolute atomic E-state index is 0.169. The highest BCUT2D eigenvalue weighted by molar-refractivity contribution is 5.81. The standard InChI is InChI=1S/C7H12O5/c1-2-3-4(6(9)10)5(8)7(11)12/h4-5,8H,2-3H2,1H3,(H,9,10)(H,11,12)/t4-,5+/m1/s1. The fourth-order valence-corrected chi connectivity index (χ4v) is 0.900. The fraction of sp³-hybridized carbons (Fsp3) is 0.714. The van der Waals surface area contributed by atoms with Crippen molar-refractivity contribution in [3.8, 4) is 0 Å². The zero-order valence-corrected chi connectivity index (χ0v) is 6.73. The van der Waals surface area contributed by atoms with Crippen LogP contribution in [0, 0.1) is 5.92 Å². The topological polar surface area (TPSA) is 94.8 Å². The van der Waals surface area contributed by atoms with Crippen molar-refractivity contribution in [1.29, 1.82) is 0 Å². The van der Waals surface area contributed by atoms with E-state index in [2.05, 4.69) is 0 Å². The van der Waals surface area contributed by atoms with Crippen LogP contribution in [0.3, 0.4) is 0 Å². The molecule has 0 heterocycles. The fourth-order valence-electron chi connectivity index (χ4n) is 0.900. The Bertz CT molecular complexity index is 177. The molecule has 0 saturated carbocycles. The van der Waals surface area contributed by atoms with Crippen LogP contribution in [-0.4, -0.2) is 33.4 Å². The lowest BCUT2D eigenvalue weighted by molar-refractivity contribution is -0.159. The minimum atomic E-state index is -1.80. The Hall–Kier alpha value is -1.10. The molecular weight excluding hydrogens is 164 g/mol. The zero-order valence-electron chi connectivity index (χ0n) is 6.73. The molecule has 0 saturated heterocycles. The Labute approximate surface area is 69.6 Å². The maximum atomic E-state index is 10.4. The lowest BCUT2D eigenvalue weighted by Crippen LogP contribution is -2.34. The van der Waals surface area contributed by atoms with Crippen LogP contribution in [0.2, 0.25) is 0 Å². The van der Waals surface area contributed by atoms with E-state index in [4.69, 9.17) is 15.3 Å². The molecule has 0 fully saturated rings. The number of rotatable bonds is 5. The molecule has 70 valence electrons. The van der Waals surface area contributed by atoms with Crippen molar-refractivity contribution in [2.24, 2.45) is 5.92 Å². The lowest BCUT2D eigenvalue weighted by Gasteiger charge is -2.13. The predicted molar refractivity (Wildman–Crippen MR) is 39.7 cm³/mol. The molecule has 0 radical (unpaired) electrons. The van der Waals surface area contributed by atoms with E-state index in [1.807, 2.05) is 0 Å². The van der Waals surface area contributed by atoms with E-state index >= 15 is 0 Å². The number of carboxylic acid groups (broad SMARTS) is 2. The molecule has 5 nitrogen and oxygen atoms in total. The molecule has 2 atom stereocenters. The first-order chi connectivity index (χ1) is 5.50. The maximum absolute atomic E-state index is 10.4. The second-order valence-electron chi connectivity index (χ2n) is 2.52. The maximum Gasteiger partial charge on any atom is 0.333 e. The smallest absolute Gasteiger partial charge is 0.333 e. The number of aliphatic carboxylic acids is 2. The Morgan fingerprint density at radius 2 is 1.75 bits per heavy atom. The van der Waals surface area contributed by atoms with Crippen molar-refractivity contribution in [1.82, 2.24) is 0 Å². The first kappa shape index (κ1) is 10.9. The van der Waals surface area contributed by atoms with E-state index in [0.29, 0.717) is 6.42 Å². The van der Waals surface area contributed by atoms with Crippen LogP contribution in [-0.2, 0) is 9.59 Å². The van der Waals surface area contributed by atoms with Crippen LogP contribution in [0.4, 0.5) is 0 Å². The van der Waals surface area contributed by atoms with Crippen molar-refractivity contribution in [3.63, 3.8) is 0 Å². The normalized spacial score (nSPS) is 15.2. The summed E-state index contributed by atoms with van der Waals surface area (Å²) in [5.41, 5.74) is 0. The quantitative estimate of drug-likeness (QED) is 0.545. The van der Waals surface area contributed by atoms with Crippen molar-refractivity contribution in [2.75, 3.05) is 0 Å². The van der Waals surface area contributed by atoms with E-state index in [9.17, 15) is 9.59 Å². The van der Waals surface area contributed by atoms with Gasteiger partial charge in [-0.25, -0.2) is 4.79 Å². The van der Waals surface area contributed by atoms with Crippen LogP contribution in [0.5, 0.6) is 0 Å². The summed E-state index contributed by atoms with van der Waals surface area (Å²) in [4.78, 5) is 20.6. The van der Waals surface area contributed by atoms with E-state index in [-0.39, 0.29) is 6.42 Å². The minimum Gasteiger partial charge on any atom is -0.481 e. The van der Waals surface area contributed by atoms with E-state index < -0.39 is 24.0 Å². The molecule has 0 aliphatic rings. The van der Waals surface area contributed by atoms with Crippen LogP contribution in [0.1, 0.15) is 19.8 Å². The third kappa shape index (κ3) is 2.87. The molecule has 0 aromatic carbocycles. The molecule has 0 spiro atoms. The highest BCUT2D eigenvalue weighted by Gasteiger charge is 2.30. The average Bonchev–Trinajstić information content (AvgIpc) is 1.98. The summed E-state index contributed by atoms with van der Waals surface area (Å²) in [5.74, 6) is -3.96. The summed E-state index contributed by atoms with van der Waals surface area (Å²) in [6.07, 6.45) is -1.10. The van der Waals surface area contributed by atoms with E-state index in [0.717, 1.165) is 0 Å². The molecule has 0 amide bonds. The van der Waals surface area contributed by atoms with Gasteiger partial charge in [0.1, 0.15) is 0 Å². The molecule has 12 heavy (non-hydrogen) atoms. The zero-order chi connectivity index (χ0) is 9.72. The number of aliphatic hydroxyl groups excluding tert-OH is 1. The van der Waals surface area contributed by atoms with Gasteiger partial charge in [-0.05, 0) is 6.42 Å². The van der Waals surface area contributed by atoms with E-state index in [1.165, 1.54) is 0 Å². The Balaban J connectivity index is 4.28. The van der Waals surface area contributed by atoms with Gasteiger partial charge in [0.25, 0.3) is 0 Å². The highest BCUT2D eigenvalue weighted by atomic mass is 16.4. The largest absolute Gasteiger partial charge is 0.481 e. The predicted octanol–water partition coefficient (Wildman–Crippen LogP) is -0.0672. The van der Waals surface area contributed by atoms with Crippen molar-refractivity contribution >= 4 is 11.9 Å². The monoisotopic (exact) mass is 176 g/mol. The van der Waals surface area contributed by atoms with Gasteiger partial charge in [-0.15, -0.1) is 0 Å². The second-order valence-corrected chi connectivity index (χ2v) is 2.52. The first-order valence-electron chi connectivity index (χ1n) is 3.64. The molecule has 3 N–H and O–H groups in total. The number of hydrogen-bond acceptors (Lipinski definition) is 3. The lowest BCUT2D eigenvalue weighted by atomic mass is 9.97. The number of carbonyl (C=O) groups is 2. The van der Waals surface area contributed by atoms with Crippen molar-refractivity contribution in [2.45, 2.75) is 25.9 Å². The van der Waals surface area contributed by atoms with Gasteiger partial charge in [0.05, 0.1) is 5.92 Å². The Kier molecular flexibility index (Phi) is 4.28. The third-order valence-electron chi connectivity index (χ3n) is 1.55. The molecule has 0 unspecified atom stereocenters. The Morgan fingerprint density at radius 3 is 2.00 bits per heavy atom. The molecular formula is C7H12O5. The number of aliphatic hydroxyl groups is 1. The van der Waals surface area contributed by atoms with Crippen LogP contribution < -0.4 is 0 Å². The molecule has 0 aromatic rings. The van der Waals surface area contributed by atoms with Gasteiger partial charge < -0.3 is 15.3 Å². The van der Waals surface area contributed by atoms with Gasteiger partial charge in [-0.2, -0.15) is 0 Å². The highest BCUT2D eigenvalue weighted by Crippen LogP contribution is 2.11. The first-order valence-corrected chi connectivity index (χ1v) is 3.64. The molecule has 0 bridgehead atoms. The molecule has 0 aromatic heterocycles. The van der Waals surface area contributed by atoms with Gasteiger partial charge in [0, 0.05) is 0 Å². The summed E-state index contributed by atoms with van der Waals surface area (Å²) in [6.45, 7) is 1.73. The summed E-state index contributed by atoms with van der Waals surface area (Å²) in [7, 11) is 0.